The summed E-state index contributed by atoms with van der Waals surface area (Å²) in [7, 11) is 0. The van der Waals surface area contributed by atoms with Crippen molar-refractivity contribution in [3.63, 3.8) is 0 Å². The second kappa shape index (κ2) is 4.43. The Morgan fingerprint density at radius 1 is 1.50 bits per heavy atom. The van der Waals surface area contributed by atoms with Gasteiger partial charge in [-0.3, -0.25) is 4.79 Å². The minimum atomic E-state index is 0.0742. The molecule has 3 atom stereocenters. The van der Waals surface area contributed by atoms with E-state index in [1.54, 1.807) is 0 Å². The lowest BCUT2D eigenvalue weighted by molar-refractivity contribution is -0.0195. The number of hydrogen-bond donors (Lipinski definition) is 1. The van der Waals surface area contributed by atoms with E-state index < -0.39 is 0 Å². The van der Waals surface area contributed by atoms with Gasteiger partial charge in [-0.05, 0) is 44.7 Å². The van der Waals surface area contributed by atoms with Gasteiger partial charge in [0.15, 0.2) is 0 Å². The number of rotatable bonds is 3. The normalized spacial score (nSPS) is 30.1. The molecule has 1 aromatic heterocycles. The molecule has 3 rings (SSSR count). The highest BCUT2D eigenvalue weighted by Gasteiger charge is 2.46. The third-order valence-corrected chi connectivity index (χ3v) is 3.96. The summed E-state index contributed by atoms with van der Waals surface area (Å²) in [5.41, 5.74) is 0.763. The van der Waals surface area contributed by atoms with E-state index in [0.717, 1.165) is 19.4 Å². The summed E-state index contributed by atoms with van der Waals surface area (Å²) in [4.78, 5) is 12.4. The zero-order chi connectivity index (χ0) is 12.7. The molecule has 98 valence electrons. The third kappa shape index (κ3) is 1.85. The van der Waals surface area contributed by atoms with Gasteiger partial charge in [0.25, 0.3) is 5.56 Å². The number of pyridine rings is 1. The van der Waals surface area contributed by atoms with Crippen LogP contribution < -0.4 is 10.9 Å². The van der Waals surface area contributed by atoms with Crippen molar-refractivity contribution in [3.05, 3.63) is 28.7 Å². The van der Waals surface area contributed by atoms with Crippen LogP contribution in [-0.4, -0.2) is 23.3 Å². The van der Waals surface area contributed by atoms with Crippen molar-refractivity contribution in [2.24, 2.45) is 5.92 Å². The van der Waals surface area contributed by atoms with Crippen molar-refractivity contribution >= 4 is 5.69 Å². The smallest absolute Gasteiger partial charge is 0.274 e. The Morgan fingerprint density at radius 2 is 2.33 bits per heavy atom. The van der Waals surface area contributed by atoms with Crippen LogP contribution in [0.15, 0.2) is 23.1 Å². The van der Waals surface area contributed by atoms with Crippen molar-refractivity contribution in [2.45, 2.75) is 44.9 Å². The Balaban J connectivity index is 1.86. The van der Waals surface area contributed by atoms with Crippen molar-refractivity contribution in [1.29, 1.82) is 0 Å². The Labute approximate surface area is 107 Å². The molecule has 0 bridgehead atoms. The van der Waals surface area contributed by atoms with Gasteiger partial charge in [-0.2, -0.15) is 0 Å². The van der Waals surface area contributed by atoms with Gasteiger partial charge in [-0.15, -0.1) is 0 Å². The molecule has 1 aliphatic heterocycles. The van der Waals surface area contributed by atoms with Crippen LogP contribution in [0.25, 0.3) is 0 Å². The van der Waals surface area contributed by atoms with Gasteiger partial charge in [0, 0.05) is 18.8 Å². The Morgan fingerprint density at radius 3 is 3.06 bits per heavy atom. The first-order valence-corrected chi connectivity index (χ1v) is 6.76. The van der Waals surface area contributed by atoms with Crippen LogP contribution in [-0.2, 0) is 4.74 Å². The average molecular weight is 248 g/mol. The fourth-order valence-corrected chi connectivity index (χ4v) is 3.05. The summed E-state index contributed by atoms with van der Waals surface area (Å²) in [5, 5.41) is 3.20. The van der Waals surface area contributed by atoms with Gasteiger partial charge in [0.1, 0.15) is 5.69 Å². The van der Waals surface area contributed by atoms with Crippen LogP contribution in [0.4, 0.5) is 5.69 Å². The highest BCUT2D eigenvalue weighted by atomic mass is 16.5. The number of nitrogens with one attached hydrogen (secondary N) is 1. The van der Waals surface area contributed by atoms with Gasteiger partial charge in [0.05, 0.1) is 12.1 Å². The van der Waals surface area contributed by atoms with Crippen LogP contribution in [0.1, 0.15) is 32.7 Å². The van der Waals surface area contributed by atoms with Gasteiger partial charge < -0.3 is 14.6 Å². The summed E-state index contributed by atoms with van der Waals surface area (Å²) >= 11 is 0. The van der Waals surface area contributed by atoms with Gasteiger partial charge in [-0.25, -0.2) is 0 Å². The zero-order valence-corrected chi connectivity index (χ0v) is 10.9. The van der Waals surface area contributed by atoms with E-state index in [9.17, 15) is 4.79 Å². The summed E-state index contributed by atoms with van der Waals surface area (Å²) in [6, 6.07) is 4.29. The summed E-state index contributed by atoms with van der Waals surface area (Å²) in [6.45, 7) is 4.93. The lowest BCUT2D eigenvalue weighted by atomic mass is 9.76. The van der Waals surface area contributed by atoms with E-state index in [1.165, 1.54) is 0 Å². The molecule has 1 aliphatic carbocycles. The topological polar surface area (TPSA) is 43.3 Å². The molecule has 1 N–H and O–H groups in total. The molecule has 4 heteroatoms. The van der Waals surface area contributed by atoms with Crippen LogP contribution in [0.2, 0.25) is 0 Å². The van der Waals surface area contributed by atoms with E-state index >= 15 is 0 Å². The first kappa shape index (κ1) is 11.8. The van der Waals surface area contributed by atoms with Gasteiger partial charge in [0.2, 0.25) is 0 Å². The first-order valence-electron chi connectivity index (χ1n) is 6.76. The van der Waals surface area contributed by atoms with E-state index in [0.29, 0.717) is 11.6 Å². The standard InChI is InChI=1S/C14H20N2O2/c1-9(2)15-11-4-3-6-16(14(11)17)12-8-10-5-7-18-13(10)12/h3-4,6,9-10,12-13,15H,5,7-8H2,1-2H3/t10-,12+,13-/m1/s1. The minimum Gasteiger partial charge on any atom is -0.378 e. The molecule has 0 aromatic carbocycles. The second-order valence-electron chi connectivity index (χ2n) is 5.62. The number of ether oxygens (including phenoxy) is 1. The highest BCUT2D eigenvalue weighted by Crippen LogP contribution is 2.45. The number of hydrogen-bond acceptors (Lipinski definition) is 3. The monoisotopic (exact) mass is 248 g/mol. The maximum absolute atomic E-state index is 12.4. The molecule has 4 nitrogen and oxygen atoms in total. The Hall–Kier alpha value is -1.29. The maximum Gasteiger partial charge on any atom is 0.274 e. The van der Waals surface area contributed by atoms with Crippen LogP contribution in [0.5, 0.6) is 0 Å². The molecule has 1 aromatic rings. The molecule has 0 spiro atoms. The molecular weight excluding hydrogens is 228 g/mol. The zero-order valence-electron chi connectivity index (χ0n) is 10.9. The fourth-order valence-electron chi connectivity index (χ4n) is 3.05. The molecule has 18 heavy (non-hydrogen) atoms. The molecule has 0 amide bonds. The quantitative estimate of drug-likeness (QED) is 0.890. The van der Waals surface area contributed by atoms with Crippen LogP contribution in [0, 0.1) is 5.92 Å². The van der Waals surface area contributed by atoms with E-state index in [-0.39, 0.29) is 23.7 Å². The predicted octanol–water partition coefficient (Wildman–Crippen LogP) is 2.02. The Kier molecular flexibility index (Phi) is 2.90. The fraction of sp³-hybridized carbons (Fsp3) is 0.643. The maximum atomic E-state index is 12.4. The predicted molar refractivity (Wildman–Crippen MR) is 71.0 cm³/mol. The van der Waals surface area contributed by atoms with Crippen LogP contribution in [0.3, 0.4) is 0 Å². The molecule has 1 saturated carbocycles. The summed E-state index contributed by atoms with van der Waals surface area (Å²) in [5.74, 6) is 0.670. The molecule has 0 radical (unpaired) electrons. The number of anilines is 1. The third-order valence-electron chi connectivity index (χ3n) is 3.96. The van der Waals surface area contributed by atoms with Crippen molar-refractivity contribution in [1.82, 2.24) is 4.57 Å². The van der Waals surface area contributed by atoms with Gasteiger partial charge in [-0.1, -0.05) is 0 Å². The SMILES string of the molecule is CC(C)Nc1cccn([C@H]2C[C@H]3CCO[C@H]32)c1=O. The second-order valence-corrected chi connectivity index (χ2v) is 5.62. The molecule has 1 saturated heterocycles. The number of aromatic nitrogens is 1. The highest BCUT2D eigenvalue weighted by molar-refractivity contribution is 5.41. The molecule has 2 fully saturated rings. The van der Waals surface area contributed by atoms with Crippen molar-refractivity contribution in [2.75, 3.05) is 11.9 Å². The summed E-state index contributed by atoms with van der Waals surface area (Å²) in [6.07, 6.45) is 4.38. The number of nitrogens with zero attached hydrogens (tertiary/aromatic N) is 1. The van der Waals surface area contributed by atoms with Crippen molar-refractivity contribution in [3.8, 4) is 0 Å². The van der Waals surface area contributed by atoms with Gasteiger partial charge >= 0.3 is 0 Å². The number of fused-ring (bicyclic) bond motifs is 1. The molecule has 2 heterocycles. The lowest BCUT2D eigenvalue weighted by Gasteiger charge is -2.40. The van der Waals surface area contributed by atoms with E-state index in [1.807, 2.05) is 36.7 Å². The average Bonchev–Trinajstić information content (AvgIpc) is 2.65. The molecule has 0 unspecified atom stereocenters. The minimum absolute atomic E-state index is 0.0742. The van der Waals surface area contributed by atoms with Crippen molar-refractivity contribution < 1.29 is 4.74 Å². The Bertz CT molecular complexity index is 495. The van der Waals surface area contributed by atoms with E-state index in [2.05, 4.69) is 5.32 Å². The lowest BCUT2D eigenvalue weighted by Crippen LogP contribution is -2.44. The molecular formula is C14H20N2O2. The molecule has 2 aliphatic rings. The van der Waals surface area contributed by atoms with Crippen LogP contribution >= 0.6 is 0 Å². The van der Waals surface area contributed by atoms with E-state index in [4.69, 9.17) is 4.74 Å². The summed E-state index contributed by atoms with van der Waals surface area (Å²) < 4.78 is 7.56. The largest absolute Gasteiger partial charge is 0.378 e. The first-order chi connectivity index (χ1) is 8.66.